The molecule has 4 aromatic rings. The first-order valence-corrected chi connectivity index (χ1v) is 12.1. The summed E-state index contributed by atoms with van der Waals surface area (Å²) in [6.07, 6.45) is -0.119. The van der Waals surface area contributed by atoms with Crippen LogP contribution < -0.4 is 4.90 Å². The number of halogens is 1. The van der Waals surface area contributed by atoms with Gasteiger partial charge < -0.3 is 25.0 Å². The molecule has 0 unspecified atom stereocenters. The molecule has 0 aliphatic carbocycles. The third-order valence-corrected chi connectivity index (χ3v) is 6.11. The van der Waals surface area contributed by atoms with Crippen molar-refractivity contribution in [2.24, 2.45) is 4.99 Å². The molecule has 1 aromatic heterocycles. The van der Waals surface area contributed by atoms with Crippen LogP contribution in [0.4, 0.5) is 15.8 Å². The Morgan fingerprint density at radius 1 is 0.974 bits per heavy atom. The Bertz CT molecular complexity index is 1490. The van der Waals surface area contributed by atoms with E-state index in [0.717, 1.165) is 5.69 Å². The molecule has 38 heavy (non-hydrogen) atoms. The summed E-state index contributed by atoms with van der Waals surface area (Å²) >= 11 is 0. The highest BCUT2D eigenvalue weighted by atomic mass is 19.1. The van der Waals surface area contributed by atoms with Crippen LogP contribution in [0, 0.1) is 5.82 Å². The van der Waals surface area contributed by atoms with Crippen molar-refractivity contribution in [1.29, 1.82) is 0 Å². The number of aliphatic imine (C=N–C) groups is 1. The molecule has 3 aromatic carbocycles. The fourth-order valence-corrected chi connectivity index (χ4v) is 4.22. The highest BCUT2D eigenvalue weighted by molar-refractivity contribution is 6.21. The smallest absolute Gasteiger partial charge is 0.307 e. The zero-order valence-corrected chi connectivity index (χ0v) is 21.4. The number of amides is 1. The van der Waals surface area contributed by atoms with Crippen LogP contribution in [0.25, 0.3) is 10.9 Å². The minimum absolute atomic E-state index is 0.0683. The lowest BCUT2D eigenvalue weighted by molar-refractivity contribution is -0.136. The normalized spacial score (nSPS) is 11.8. The van der Waals surface area contributed by atoms with Crippen molar-refractivity contribution in [3.05, 3.63) is 89.2 Å². The van der Waals surface area contributed by atoms with Gasteiger partial charge in [-0.25, -0.2) is 9.38 Å². The molecule has 8 nitrogen and oxygen atoms in total. The van der Waals surface area contributed by atoms with Crippen LogP contribution in [0.5, 0.6) is 5.88 Å². The monoisotopic (exact) mass is 516 g/mol. The van der Waals surface area contributed by atoms with Crippen molar-refractivity contribution < 1.29 is 24.2 Å². The van der Waals surface area contributed by atoms with Crippen LogP contribution >= 0.6 is 0 Å². The van der Waals surface area contributed by atoms with Crippen molar-refractivity contribution >= 4 is 39.9 Å². The van der Waals surface area contributed by atoms with Crippen molar-refractivity contribution in [1.82, 2.24) is 9.88 Å². The second kappa shape index (κ2) is 11.3. The first kappa shape index (κ1) is 26.6. The number of likely N-dealkylation sites (N-methyl/N-ethyl adjacent to an activating group) is 1. The topological polar surface area (TPSA) is 109 Å². The number of carbonyl (C=O) groups is 2. The maximum atomic E-state index is 13.8. The van der Waals surface area contributed by atoms with E-state index >= 15 is 0 Å². The van der Waals surface area contributed by atoms with Gasteiger partial charge in [-0.3, -0.25) is 9.59 Å². The van der Waals surface area contributed by atoms with Gasteiger partial charge in [-0.05, 0) is 62.1 Å². The van der Waals surface area contributed by atoms with Gasteiger partial charge in [-0.15, -0.1) is 0 Å². The number of aliphatic carboxylic acids is 1. The number of fused-ring (bicyclic) bond motifs is 1. The van der Waals surface area contributed by atoms with Crippen molar-refractivity contribution in [3.63, 3.8) is 0 Å². The second-order valence-electron chi connectivity index (χ2n) is 9.26. The highest BCUT2D eigenvalue weighted by Gasteiger charge is 2.20. The number of carboxylic acid groups (broad SMARTS) is 1. The zero-order valence-electron chi connectivity index (χ0n) is 21.4. The number of benzene rings is 3. The lowest BCUT2D eigenvalue weighted by Gasteiger charge is -2.23. The van der Waals surface area contributed by atoms with Crippen molar-refractivity contribution in [3.8, 4) is 5.88 Å². The number of anilines is 1. The largest absolute Gasteiger partial charge is 0.494 e. The third-order valence-electron chi connectivity index (χ3n) is 6.11. The molecular weight excluding hydrogens is 487 g/mol. The fraction of sp³-hybridized carbons (Fsp3) is 0.207. The number of nitrogens with zero attached hydrogens (tertiary/aromatic N) is 3. The van der Waals surface area contributed by atoms with Crippen LogP contribution in [0.3, 0.4) is 0 Å². The first-order chi connectivity index (χ1) is 18.1. The molecule has 4 rings (SSSR count). The molecule has 0 bridgehead atoms. The Hall–Kier alpha value is -4.50. The van der Waals surface area contributed by atoms with E-state index in [1.807, 2.05) is 31.1 Å². The number of carbonyl (C=O) groups excluding carboxylic acids is 1. The van der Waals surface area contributed by atoms with Gasteiger partial charge in [0.25, 0.3) is 0 Å². The minimum Gasteiger partial charge on any atom is -0.494 e. The lowest BCUT2D eigenvalue weighted by Crippen LogP contribution is -2.35. The molecule has 0 saturated carbocycles. The van der Waals surface area contributed by atoms with E-state index in [1.54, 1.807) is 47.4 Å². The van der Waals surface area contributed by atoms with Gasteiger partial charge in [0.05, 0.1) is 28.9 Å². The molecule has 0 aliphatic heterocycles. The molecule has 9 heteroatoms. The van der Waals surface area contributed by atoms with Gasteiger partial charge in [-0.2, -0.15) is 0 Å². The number of hydrogen-bond donors (Lipinski definition) is 3. The van der Waals surface area contributed by atoms with E-state index in [2.05, 4.69) is 4.98 Å². The number of rotatable bonds is 9. The van der Waals surface area contributed by atoms with E-state index in [9.17, 15) is 19.1 Å². The summed E-state index contributed by atoms with van der Waals surface area (Å²) in [4.78, 5) is 34.7. The Morgan fingerprint density at radius 2 is 1.66 bits per heavy atom. The van der Waals surface area contributed by atoms with Crippen molar-refractivity contribution in [2.75, 3.05) is 32.1 Å². The van der Waals surface area contributed by atoms with Gasteiger partial charge in [-0.1, -0.05) is 24.3 Å². The molecule has 1 heterocycles. The first-order valence-electron chi connectivity index (χ1n) is 12.1. The summed E-state index contributed by atoms with van der Waals surface area (Å²) in [6, 6.07) is 18.3. The number of aromatic amines is 1. The Balaban J connectivity index is 1.79. The summed E-state index contributed by atoms with van der Waals surface area (Å²) < 4.78 is 13.8. The van der Waals surface area contributed by atoms with Gasteiger partial charge in [0.1, 0.15) is 5.82 Å². The summed E-state index contributed by atoms with van der Waals surface area (Å²) in [5.74, 6) is -1.61. The van der Waals surface area contributed by atoms with Crippen LogP contribution in [-0.2, 0) is 16.0 Å². The summed E-state index contributed by atoms with van der Waals surface area (Å²) in [6.45, 7) is 2.77. The Labute approximate surface area is 219 Å². The fourth-order valence-electron chi connectivity index (χ4n) is 4.22. The van der Waals surface area contributed by atoms with E-state index in [1.165, 1.54) is 19.1 Å². The Morgan fingerprint density at radius 3 is 2.26 bits per heavy atom. The lowest BCUT2D eigenvalue weighted by atomic mass is 9.99. The minimum atomic E-state index is -0.937. The summed E-state index contributed by atoms with van der Waals surface area (Å²) in [5, 5.41) is 20.5. The van der Waals surface area contributed by atoms with Gasteiger partial charge in [0.15, 0.2) is 5.88 Å². The van der Waals surface area contributed by atoms with E-state index in [4.69, 9.17) is 10.1 Å². The highest BCUT2D eigenvalue weighted by Crippen LogP contribution is 2.32. The van der Waals surface area contributed by atoms with Gasteiger partial charge >= 0.3 is 5.97 Å². The molecule has 1 amide bonds. The number of aromatic nitrogens is 1. The van der Waals surface area contributed by atoms with Crippen LogP contribution in [0.2, 0.25) is 0 Å². The predicted octanol–water partition coefficient (Wildman–Crippen LogP) is 4.72. The molecule has 3 N–H and O–H groups in total. The SMILES string of the molecule is CC(=O)N(CCN(C)C)c1ccc(N=C(c2ccc(CC(=O)O)cc2)c2c(O)[nH]c3cc(F)ccc23)cc1. The average Bonchev–Trinajstić information content (AvgIpc) is 3.17. The number of aromatic hydroxyl groups is 1. The van der Waals surface area contributed by atoms with Crippen LogP contribution in [0.1, 0.15) is 23.6 Å². The molecule has 0 spiro atoms. The standard InChI is InChI=1S/C29H29FN4O4/c1-18(35)34(15-14-33(2)3)23-11-9-22(10-12-23)31-28(20-6-4-19(5-7-20)16-26(36)37)27-24-13-8-21(30)17-25(24)32-29(27)38/h4-13,17,32,38H,14-16H2,1-3H3,(H,36,37). The van der Waals surface area contributed by atoms with E-state index in [0.29, 0.717) is 52.1 Å². The van der Waals surface area contributed by atoms with Gasteiger partial charge in [0.2, 0.25) is 5.91 Å². The maximum absolute atomic E-state index is 13.8. The number of carboxylic acids is 1. The average molecular weight is 517 g/mol. The molecule has 0 aliphatic rings. The molecule has 0 fully saturated rings. The predicted molar refractivity (Wildman–Crippen MR) is 146 cm³/mol. The third kappa shape index (κ3) is 6.07. The summed E-state index contributed by atoms with van der Waals surface area (Å²) in [7, 11) is 3.89. The number of nitrogens with one attached hydrogen (secondary N) is 1. The van der Waals surface area contributed by atoms with Crippen molar-refractivity contribution in [2.45, 2.75) is 13.3 Å². The molecule has 0 saturated heterocycles. The molecule has 0 radical (unpaired) electrons. The van der Waals surface area contributed by atoms with E-state index < -0.39 is 11.8 Å². The molecule has 0 atom stereocenters. The summed E-state index contributed by atoms with van der Waals surface area (Å²) in [5.41, 5.74) is 3.81. The molecular formula is C29H29FN4O4. The zero-order chi connectivity index (χ0) is 27.4. The van der Waals surface area contributed by atoms with E-state index in [-0.39, 0.29) is 18.2 Å². The number of hydrogen-bond acceptors (Lipinski definition) is 5. The molecule has 196 valence electrons. The van der Waals surface area contributed by atoms with Crippen LogP contribution in [-0.4, -0.2) is 64.9 Å². The second-order valence-corrected chi connectivity index (χ2v) is 9.26. The quantitative estimate of drug-likeness (QED) is 0.279. The number of H-pyrrole nitrogens is 1. The van der Waals surface area contributed by atoms with Crippen LogP contribution in [0.15, 0.2) is 71.7 Å². The van der Waals surface area contributed by atoms with Gasteiger partial charge in [0, 0.05) is 36.7 Å². The Kier molecular flexibility index (Phi) is 7.87. The maximum Gasteiger partial charge on any atom is 0.307 e.